The lowest BCUT2D eigenvalue weighted by Crippen LogP contribution is -2.29. The second kappa shape index (κ2) is 7.40. The molecule has 4 atom stereocenters. The van der Waals surface area contributed by atoms with Crippen molar-refractivity contribution in [2.75, 3.05) is 19.6 Å². The second-order valence-electron chi connectivity index (χ2n) is 7.46. The second-order valence-corrected chi connectivity index (χ2v) is 7.46. The van der Waals surface area contributed by atoms with E-state index in [1.807, 2.05) is 0 Å². The molecule has 1 saturated heterocycles. The number of halogens is 2. The zero-order chi connectivity index (χ0) is 19.0. The zero-order valence-electron chi connectivity index (χ0n) is 14.8. The van der Waals surface area contributed by atoms with Gasteiger partial charge < -0.3 is 14.9 Å². The van der Waals surface area contributed by atoms with Gasteiger partial charge in [-0.1, -0.05) is 6.07 Å². The van der Waals surface area contributed by atoms with Gasteiger partial charge in [-0.3, -0.25) is 9.88 Å². The van der Waals surface area contributed by atoms with Crippen molar-refractivity contribution in [1.29, 1.82) is 0 Å². The molecule has 2 N–H and O–H groups in total. The van der Waals surface area contributed by atoms with Crippen LogP contribution in [-0.4, -0.2) is 45.8 Å². The van der Waals surface area contributed by atoms with Gasteiger partial charge in [-0.15, -0.1) is 0 Å². The first-order valence-electron chi connectivity index (χ1n) is 9.15. The molecule has 7 heteroatoms. The number of hydrogen-bond donors (Lipinski definition) is 2. The average Bonchev–Trinajstić information content (AvgIpc) is 3.17. The van der Waals surface area contributed by atoms with Crippen molar-refractivity contribution in [2.24, 2.45) is 11.8 Å². The number of fused-ring (bicyclic) bond motifs is 1. The molecular formula is C20H22F2N2O3. The van der Waals surface area contributed by atoms with Gasteiger partial charge >= 0.3 is 0 Å². The Morgan fingerprint density at radius 3 is 2.56 bits per heavy atom. The number of pyridine rings is 1. The van der Waals surface area contributed by atoms with E-state index in [1.54, 1.807) is 6.07 Å². The molecule has 0 amide bonds. The lowest BCUT2D eigenvalue weighted by molar-refractivity contribution is 0.112. The highest BCUT2D eigenvalue weighted by atomic mass is 19.2. The molecule has 5 nitrogen and oxygen atoms in total. The summed E-state index contributed by atoms with van der Waals surface area (Å²) in [7, 11) is 0. The summed E-state index contributed by atoms with van der Waals surface area (Å²) in [5.74, 6) is -0.930. The van der Waals surface area contributed by atoms with Gasteiger partial charge in [0.1, 0.15) is 11.9 Å². The van der Waals surface area contributed by atoms with Crippen LogP contribution in [0.25, 0.3) is 0 Å². The quantitative estimate of drug-likeness (QED) is 0.840. The van der Waals surface area contributed by atoms with Gasteiger partial charge in [-0.05, 0) is 48.9 Å². The van der Waals surface area contributed by atoms with Crippen molar-refractivity contribution in [3.63, 3.8) is 0 Å². The van der Waals surface area contributed by atoms with E-state index in [1.165, 1.54) is 24.4 Å². The fraction of sp³-hybridized carbons (Fsp3) is 0.450. The van der Waals surface area contributed by atoms with Gasteiger partial charge in [0, 0.05) is 19.6 Å². The average molecular weight is 376 g/mol. The van der Waals surface area contributed by atoms with Crippen LogP contribution in [0.1, 0.15) is 24.6 Å². The van der Waals surface area contributed by atoms with E-state index in [0.717, 1.165) is 32.0 Å². The normalized spacial score (nSPS) is 26.1. The van der Waals surface area contributed by atoms with E-state index in [9.17, 15) is 19.0 Å². The Bertz CT molecular complexity index is 788. The molecule has 0 spiro atoms. The van der Waals surface area contributed by atoms with Crippen LogP contribution in [0.15, 0.2) is 36.5 Å². The molecule has 0 radical (unpaired) electrons. The highest BCUT2D eigenvalue weighted by molar-refractivity contribution is 5.25. The van der Waals surface area contributed by atoms with Gasteiger partial charge in [0.15, 0.2) is 11.6 Å². The molecule has 1 aromatic carbocycles. The Labute approximate surface area is 156 Å². The maximum Gasteiger partial charge on any atom is 0.200 e. The van der Waals surface area contributed by atoms with Crippen LogP contribution in [-0.2, 0) is 0 Å². The highest BCUT2D eigenvalue weighted by Crippen LogP contribution is 2.40. The molecule has 1 saturated carbocycles. The van der Waals surface area contributed by atoms with E-state index in [-0.39, 0.29) is 17.6 Å². The van der Waals surface area contributed by atoms with Gasteiger partial charge in [0.25, 0.3) is 0 Å². The number of β-amino-alcohol motifs (C(OH)–C–C–N with tert-alkyl or cyclic N) is 1. The fourth-order valence-electron chi connectivity index (χ4n) is 4.27. The molecule has 1 unspecified atom stereocenters. The molecule has 144 valence electrons. The summed E-state index contributed by atoms with van der Waals surface area (Å²) in [6.07, 6.45) is 2.10. The summed E-state index contributed by atoms with van der Waals surface area (Å²) in [6, 6.07) is 7.12. The Morgan fingerprint density at radius 2 is 1.89 bits per heavy atom. The number of aliphatic hydroxyl groups is 1. The van der Waals surface area contributed by atoms with Crippen molar-refractivity contribution in [1.82, 2.24) is 9.88 Å². The van der Waals surface area contributed by atoms with Crippen molar-refractivity contribution in [3.8, 4) is 11.5 Å². The van der Waals surface area contributed by atoms with Crippen LogP contribution in [0.3, 0.4) is 0 Å². The van der Waals surface area contributed by atoms with Crippen molar-refractivity contribution in [2.45, 2.75) is 25.0 Å². The summed E-state index contributed by atoms with van der Waals surface area (Å²) in [6.45, 7) is 2.16. The van der Waals surface area contributed by atoms with E-state index >= 15 is 0 Å². The molecule has 4 rings (SSSR count). The largest absolute Gasteiger partial charge is 0.506 e. The molecule has 2 heterocycles. The maximum atomic E-state index is 13.8. The first-order valence-corrected chi connectivity index (χ1v) is 9.15. The summed E-state index contributed by atoms with van der Waals surface area (Å²) >= 11 is 0. The Hall–Kier alpha value is -2.25. The minimum Gasteiger partial charge on any atom is -0.506 e. The molecule has 2 fully saturated rings. The van der Waals surface area contributed by atoms with E-state index in [2.05, 4.69) is 9.88 Å². The minimum absolute atomic E-state index is 0.0225. The third kappa shape index (κ3) is 3.89. The van der Waals surface area contributed by atoms with E-state index < -0.39 is 17.7 Å². The SMILES string of the molecule is Oc1ccc(C(O)CN2C[C@H]3C[C@@H](Oc4cccc(F)c4F)C[C@H]3C2)nc1. The molecule has 1 aromatic heterocycles. The van der Waals surface area contributed by atoms with Crippen molar-refractivity contribution in [3.05, 3.63) is 53.9 Å². The lowest BCUT2D eigenvalue weighted by Gasteiger charge is -2.22. The predicted octanol–water partition coefficient (Wildman–Crippen LogP) is 2.89. The summed E-state index contributed by atoms with van der Waals surface area (Å²) < 4.78 is 32.8. The van der Waals surface area contributed by atoms with Crippen molar-refractivity contribution >= 4 is 0 Å². The number of nitrogens with zero attached hydrogens (tertiary/aromatic N) is 2. The predicted molar refractivity (Wildman–Crippen MR) is 94.3 cm³/mol. The number of ether oxygens (including phenoxy) is 1. The smallest absolute Gasteiger partial charge is 0.200 e. The Kier molecular flexibility index (Phi) is 4.97. The third-order valence-corrected chi connectivity index (χ3v) is 5.54. The van der Waals surface area contributed by atoms with Crippen LogP contribution in [0.4, 0.5) is 8.78 Å². The van der Waals surface area contributed by atoms with E-state index in [0.29, 0.717) is 24.1 Å². The molecule has 27 heavy (non-hydrogen) atoms. The number of aromatic hydroxyl groups is 1. The van der Waals surface area contributed by atoms with Gasteiger partial charge in [-0.2, -0.15) is 4.39 Å². The molecular weight excluding hydrogens is 354 g/mol. The van der Waals surface area contributed by atoms with Gasteiger partial charge in [0.2, 0.25) is 5.82 Å². The molecule has 1 aliphatic heterocycles. The van der Waals surface area contributed by atoms with Crippen LogP contribution in [0, 0.1) is 23.5 Å². The van der Waals surface area contributed by atoms with Crippen molar-refractivity contribution < 1.29 is 23.7 Å². The third-order valence-electron chi connectivity index (χ3n) is 5.54. The molecule has 1 aliphatic carbocycles. The number of likely N-dealkylation sites (tertiary alicyclic amines) is 1. The van der Waals surface area contributed by atoms with Crippen LogP contribution in [0.5, 0.6) is 11.5 Å². The fourth-order valence-corrected chi connectivity index (χ4v) is 4.27. The van der Waals surface area contributed by atoms with Crippen LogP contribution >= 0.6 is 0 Å². The monoisotopic (exact) mass is 376 g/mol. The first-order chi connectivity index (χ1) is 13.0. The highest BCUT2D eigenvalue weighted by Gasteiger charge is 2.42. The Balaban J connectivity index is 1.30. The van der Waals surface area contributed by atoms with Gasteiger partial charge in [0.05, 0.1) is 18.0 Å². The summed E-state index contributed by atoms with van der Waals surface area (Å²) in [5.41, 5.74) is 0.535. The molecule has 0 bridgehead atoms. The zero-order valence-corrected chi connectivity index (χ0v) is 14.8. The Morgan fingerprint density at radius 1 is 1.15 bits per heavy atom. The molecule has 2 aromatic rings. The number of aliphatic hydroxyl groups excluding tert-OH is 1. The topological polar surface area (TPSA) is 65.8 Å². The molecule has 2 aliphatic rings. The summed E-state index contributed by atoms with van der Waals surface area (Å²) in [5, 5.41) is 19.6. The number of benzene rings is 1. The standard InChI is InChI=1S/C20H22F2N2O3/c21-16-2-1-3-19(20(16)22)27-15-6-12-9-24(10-13(12)7-15)11-18(26)17-5-4-14(25)8-23-17/h1-5,8,12-13,15,18,25-26H,6-7,9-11H2/t12-,13+,15-,18?. The number of hydrogen-bond acceptors (Lipinski definition) is 5. The number of aromatic nitrogens is 1. The maximum absolute atomic E-state index is 13.8. The minimum atomic E-state index is -0.930. The number of rotatable bonds is 5. The summed E-state index contributed by atoms with van der Waals surface area (Å²) in [4.78, 5) is 6.26. The van der Waals surface area contributed by atoms with E-state index in [4.69, 9.17) is 4.74 Å². The van der Waals surface area contributed by atoms with Crippen LogP contribution in [0.2, 0.25) is 0 Å². The first kappa shape index (κ1) is 18.1. The lowest BCUT2D eigenvalue weighted by atomic mass is 10.0. The van der Waals surface area contributed by atoms with Gasteiger partial charge in [-0.25, -0.2) is 4.39 Å². The van der Waals surface area contributed by atoms with Crippen LogP contribution < -0.4 is 4.74 Å².